The van der Waals surface area contributed by atoms with Gasteiger partial charge in [0.2, 0.25) is 15.9 Å². The first-order valence-electron chi connectivity index (χ1n) is 8.10. The zero-order valence-corrected chi connectivity index (χ0v) is 16.7. The smallest absolute Gasteiger partial charge is 0.238 e. The molecule has 0 bridgehead atoms. The number of benzene rings is 1. The average molecular weight is 399 g/mol. The van der Waals surface area contributed by atoms with Crippen molar-refractivity contribution < 1.29 is 13.2 Å². The minimum atomic E-state index is -3.48. The van der Waals surface area contributed by atoms with Crippen LogP contribution >= 0.6 is 11.6 Å². The molecule has 142 valence electrons. The summed E-state index contributed by atoms with van der Waals surface area (Å²) in [5, 5.41) is 7.82. The molecule has 2 rings (SSSR count). The summed E-state index contributed by atoms with van der Waals surface area (Å²) in [6.45, 7) is 3.80. The minimum absolute atomic E-state index is 0.182. The number of nitrogens with zero attached hydrogens (tertiary/aromatic N) is 2. The molecule has 0 aliphatic carbocycles. The molecule has 0 unspecified atom stereocenters. The van der Waals surface area contributed by atoms with Gasteiger partial charge in [-0.15, -0.1) is 0 Å². The van der Waals surface area contributed by atoms with Gasteiger partial charge in [-0.25, -0.2) is 13.1 Å². The maximum absolute atomic E-state index is 12.4. The third-order valence-corrected chi connectivity index (χ3v) is 4.75. The summed E-state index contributed by atoms with van der Waals surface area (Å²) in [7, 11) is -1.70. The quantitative estimate of drug-likeness (QED) is 0.745. The lowest BCUT2D eigenvalue weighted by molar-refractivity contribution is -0.123. The van der Waals surface area contributed by atoms with E-state index in [1.807, 2.05) is 24.3 Å². The highest BCUT2D eigenvalue weighted by atomic mass is 35.5. The van der Waals surface area contributed by atoms with Crippen molar-refractivity contribution in [1.29, 1.82) is 0 Å². The second-order valence-electron chi connectivity index (χ2n) is 6.48. The van der Waals surface area contributed by atoms with Crippen LogP contribution in [0.5, 0.6) is 0 Å². The largest absolute Gasteiger partial charge is 0.349 e. The van der Waals surface area contributed by atoms with Crippen molar-refractivity contribution >= 4 is 27.5 Å². The van der Waals surface area contributed by atoms with Crippen LogP contribution in [-0.2, 0) is 28.4 Å². The first kappa shape index (κ1) is 20.4. The Kier molecular flexibility index (Phi) is 6.44. The molecular weight excluding hydrogens is 376 g/mol. The van der Waals surface area contributed by atoms with Crippen molar-refractivity contribution in [3.63, 3.8) is 0 Å². The molecule has 0 aliphatic rings. The van der Waals surface area contributed by atoms with Gasteiger partial charge in [-0.05, 0) is 24.1 Å². The standard InChI is InChI=1S/C17H23ClN4O3S/c1-11(2)16(21-26(4,24)25)17(23)19-10-14-9-15(20-22(14)3)12-6-5-7-13(18)8-12/h5-9,11,16,21H,10H2,1-4H3,(H,19,23)/t16-/m0/s1. The number of hydrogen-bond donors (Lipinski definition) is 2. The normalized spacial score (nSPS) is 13.0. The summed E-state index contributed by atoms with van der Waals surface area (Å²) in [6, 6.07) is 8.39. The van der Waals surface area contributed by atoms with Crippen molar-refractivity contribution in [3.05, 3.63) is 41.0 Å². The van der Waals surface area contributed by atoms with E-state index in [9.17, 15) is 13.2 Å². The molecule has 0 fully saturated rings. The van der Waals surface area contributed by atoms with E-state index in [1.165, 1.54) is 0 Å². The molecular formula is C17H23ClN4O3S. The van der Waals surface area contributed by atoms with Crippen LogP contribution < -0.4 is 10.0 Å². The van der Waals surface area contributed by atoms with Crippen molar-refractivity contribution in [1.82, 2.24) is 19.8 Å². The van der Waals surface area contributed by atoms with Crippen LogP contribution in [0.25, 0.3) is 11.3 Å². The van der Waals surface area contributed by atoms with E-state index in [4.69, 9.17) is 11.6 Å². The zero-order valence-electron chi connectivity index (χ0n) is 15.2. The molecule has 1 aromatic carbocycles. The lowest BCUT2D eigenvalue weighted by atomic mass is 10.1. The topological polar surface area (TPSA) is 93.1 Å². The number of sulfonamides is 1. The second kappa shape index (κ2) is 8.20. The van der Waals surface area contributed by atoms with Gasteiger partial charge >= 0.3 is 0 Å². The van der Waals surface area contributed by atoms with Crippen molar-refractivity contribution in [2.24, 2.45) is 13.0 Å². The lowest BCUT2D eigenvalue weighted by Crippen LogP contribution is -2.49. The molecule has 1 amide bonds. The molecule has 0 spiro atoms. The molecule has 0 radical (unpaired) electrons. The van der Waals surface area contributed by atoms with Gasteiger partial charge < -0.3 is 5.32 Å². The molecule has 9 heteroatoms. The Balaban J connectivity index is 2.10. The van der Waals surface area contributed by atoms with Gasteiger partial charge in [-0.2, -0.15) is 5.10 Å². The Morgan fingerprint density at radius 3 is 2.58 bits per heavy atom. The first-order chi connectivity index (χ1) is 12.1. The average Bonchev–Trinajstić information content (AvgIpc) is 2.90. The molecule has 0 aliphatic heterocycles. The van der Waals surface area contributed by atoms with Crippen molar-refractivity contribution in [2.75, 3.05) is 6.26 Å². The van der Waals surface area contributed by atoms with Crippen LogP contribution in [0.2, 0.25) is 5.02 Å². The molecule has 26 heavy (non-hydrogen) atoms. The number of halogens is 1. The Hall–Kier alpha value is -1.90. The zero-order chi connectivity index (χ0) is 19.5. The van der Waals surface area contributed by atoms with E-state index >= 15 is 0 Å². The summed E-state index contributed by atoms with van der Waals surface area (Å²) in [6.07, 6.45) is 1.04. The monoisotopic (exact) mass is 398 g/mol. The van der Waals surface area contributed by atoms with Crippen molar-refractivity contribution in [2.45, 2.75) is 26.4 Å². The molecule has 1 aromatic heterocycles. The third kappa shape index (κ3) is 5.55. The van der Waals surface area contributed by atoms with Gasteiger partial charge in [0, 0.05) is 17.6 Å². The predicted octanol–water partition coefficient (Wildman–Crippen LogP) is 1.93. The van der Waals surface area contributed by atoms with Gasteiger partial charge in [0.05, 0.1) is 24.2 Å². The maximum atomic E-state index is 12.4. The highest BCUT2D eigenvalue weighted by Crippen LogP contribution is 2.22. The minimum Gasteiger partial charge on any atom is -0.349 e. The Bertz CT molecular complexity index is 893. The van der Waals surface area contributed by atoms with Crippen LogP contribution in [0.1, 0.15) is 19.5 Å². The second-order valence-corrected chi connectivity index (χ2v) is 8.70. The number of amides is 1. The Morgan fingerprint density at radius 1 is 1.31 bits per heavy atom. The number of carbonyl (C=O) groups is 1. The Labute approximate surface area is 158 Å². The fraction of sp³-hybridized carbons (Fsp3) is 0.412. The predicted molar refractivity (Wildman–Crippen MR) is 102 cm³/mol. The van der Waals surface area contributed by atoms with Crippen LogP contribution in [0, 0.1) is 5.92 Å². The fourth-order valence-corrected chi connectivity index (χ4v) is 3.50. The van der Waals surface area contributed by atoms with Crippen molar-refractivity contribution in [3.8, 4) is 11.3 Å². The molecule has 7 nitrogen and oxygen atoms in total. The van der Waals surface area contributed by atoms with Crippen LogP contribution in [-0.4, -0.2) is 36.4 Å². The molecule has 2 aromatic rings. The summed E-state index contributed by atoms with van der Waals surface area (Å²) < 4.78 is 26.9. The van der Waals surface area contributed by atoms with Gasteiger partial charge in [-0.3, -0.25) is 9.48 Å². The van der Waals surface area contributed by atoms with Gasteiger partial charge in [0.25, 0.3) is 0 Å². The number of rotatable bonds is 7. The van der Waals surface area contributed by atoms with Gasteiger partial charge in [0.15, 0.2) is 0 Å². The number of carbonyl (C=O) groups excluding carboxylic acids is 1. The summed E-state index contributed by atoms with van der Waals surface area (Å²) >= 11 is 6.01. The lowest BCUT2D eigenvalue weighted by Gasteiger charge is -2.20. The molecule has 0 saturated heterocycles. The highest BCUT2D eigenvalue weighted by molar-refractivity contribution is 7.88. The van der Waals surface area contributed by atoms with E-state index in [2.05, 4.69) is 15.1 Å². The molecule has 0 saturated carbocycles. The molecule has 2 N–H and O–H groups in total. The van der Waals surface area contributed by atoms with Crippen LogP contribution in [0.4, 0.5) is 0 Å². The van der Waals surface area contributed by atoms with E-state index in [0.29, 0.717) is 5.02 Å². The maximum Gasteiger partial charge on any atom is 0.238 e. The van der Waals surface area contributed by atoms with Gasteiger partial charge in [0.1, 0.15) is 6.04 Å². The number of aryl methyl sites for hydroxylation is 1. The Morgan fingerprint density at radius 2 is 2.00 bits per heavy atom. The number of hydrogen-bond acceptors (Lipinski definition) is 4. The fourth-order valence-electron chi connectivity index (χ4n) is 2.47. The van der Waals surface area contributed by atoms with E-state index in [1.54, 1.807) is 31.6 Å². The van der Waals surface area contributed by atoms with Crippen LogP contribution in [0.3, 0.4) is 0 Å². The van der Waals surface area contributed by atoms with E-state index in [-0.39, 0.29) is 18.4 Å². The number of aromatic nitrogens is 2. The van der Waals surface area contributed by atoms with E-state index < -0.39 is 16.1 Å². The van der Waals surface area contributed by atoms with Crippen LogP contribution in [0.15, 0.2) is 30.3 Å². The number of nitrogens with one attached hydrogen (secondary N) is 2. The summed E-state index contributed by atoms with van der Waals surface area (Å²) in [5.74, 6) is -0.561. The SMILES string of the molecule is CC(C)[C@H](NS(C)(=O)=O)C(=O)NCc1cc(-c2cccc(Cl)c2)nn1C. The summed E-state index contributed by atoms with van der Waals surface area (Å²) in [5.41, 5.74) is 2.41. The van der Waals surface area contributed by atoms with Gasteiger partial charge in [-0.1, -0.05) is 37.6 Å². The first-order valence-corrected chi connectivity index (χ1v) is 10.4. The summed E-state index contributed by atoms with van der Waals surface area (Å²) in [4.78, 5) is 12.4. The molecule has 1 atom stereocenters. The highest BCUT2D eigenvalue weighted by Gasteiger charge is 2.25. The third-order valence-electron chi connectivity index (χ3n) is 3.83. The van der Waals surface area contributed by atoms with E-state index in [0.717, 1.165) is 23.2 Å². The molecule has 1 heterocycles.